The van der Waals surface area contributed by atoms with Crippen LogP contribution in [0.4, 0.5) is 0 Å². The van der Waals surface area contributed by atoms with E-state index in [-0.39, 0.29) is 0 Å². The quantitative estimate of drug-likeness (QED) is 0.0447. The van der Waals surface area contributed by atoms with E-state index in [9.17, 15) is 0 Å². The summed E-state index contributed by atoms with van der Waals surface area (Å²) in [5.41, 5.74) is 0. The van der Waals surface area contributed by atoms with Gasteiger partial charge in [-0.25, -0.2) is 0 Å². The van der Waals surface area contributed by atoms with Gasteiger partial charge in [-0.05, 0) is 45.3 Å². The molecule has 0 rings (SSSR count). The van der Waals surface area contributed by atoms with E-state index in [0.29, 0.717) is 0 Å². The first-order valence-corrected chi connectivity index (χ1v) is 24.6. The summed E-state index contributed by atoms with van der Waals surface area (Å²) in [5.74, 6) is 0.844. The van der Waals surface area contributed by atoms with Gasteiger partial charge < -0.3 is 4.90 Å². The molecule has 0 spiro atoms. The molecule has 0 aromatic heterocycles. The van der Waals surface area contributed by atoms with E-state index < -0.39 is 0 Å². The van der Waals surface area contributed by atoms with Gasteiger partial charge in [0.25, 0.3) is 0 Å². The summed E-state index contributed by atoms with van der Waals surface area (Å²) in [7, 11) is 0. The van der Waals surface area contributed by atoms with Crippen LogP contribution >= 0.6 is 11.6 Å². The molecule has 304 valence electrons. The summed E-state index contributed by atoms with van der Waals surface area (Å²) in [6.07, 6.45) is 57.5. The smallest absolute Gasteiger partial charge is 0.0223 e. The fourth-order valence-corrected chi connectivity index (χ4v) is 7.57. The minimum absolute atomic E-state index is 0.844. The average molecular weight is 727 g/mol. The van der Waals surface area contributed by atoms with E-state index >= 15 is 0 Å². The predicted molar refractivity (Wildman–Crippen MR) is 235 cm³/mol. The highest BCUT2D eigenvalue weighted by Gasteiger charge is 2.05. The van der Waals surface area contributed by atoms with Crippen molar-refractivity contribution in [3.05, 3.63) is 0 Å². The van der Waals surface area contributed by atoms with Crippen LogP contribution in [0, 0.1) is 0 Å². The molecule has 0 saturated heterocycles. The van der Waals surface area contributed by atoms with Crippen molar-refractivity contribution in [1.29, 1.82) is 0 Å². The lowest BCUT2D eigenvalue weighted by Crippen LogP contribution is -2.27. The molecular formula is C48H100ClN. The van der Waals surface area contributed by atoms with Gasteiger partial charge in [0.2, 0.25) is 0 Å². The molecule has 0 atom stereocenters. The van der Waals surface area contributed by atoms with Crippen LogP contribution in [0.25, 0.3) is 0 Å². The fourth-order valence-electron chi connectivity index (χ4n) is 7.39. The molecule has 0 bridgehead atoms. The molecule has 0 fully saturated rings. The number of hydrogen-bond donors (Lipinski definition) is 0. The largest absolute Gasteiger partial charge is 0.303 e. The topological polar surface area (TPSA) is 3.24 Å². The maximum absolute atomic E-state index is 5.60. The standard InChI is InChI=1S/C36H75N.C12H25Cl/c1-4-7-10-13-16-19-22-25-28-31-34-37(35-32-29-26-23-20-17-14-11-8-5-2)36-33-30-27-24-21-18-15-12-9-6-3;1-2-3-4-5-6-7-8-9-10-11-12-13/h4-36H2,1-3H3;2-12H2,1H3. The highest BCUT2D eigenvalue weighted by Crippen LogP contribution is 2.15. The van der Waals surface area contributed by atoms with Crippen LogP contribution in [0.3, 0.4) is 0 Å². The SMILES string of the molecule is CCCCCCCCCCCCCl.CCCCCCCCCCCCN(CCCCCCCCCCCC)CCCCCCCCCCCC. The summed E-state index contributed by atoms with van der Waals surface area (Å²) in [6, 6.07) is 0. The molecular weight excluding hydrogens is 626 g/mol. The zero-order chi connectivity index (χ0) is 36.7. The molecule has 0 radical (unpaired) electrons. The van der Waals surface area contributed by atoms with E-state index in [1.807, 2.05) is 0 Å². The molecule has 0 aliphatic carbocycles. The summed E-state index contributed by atoms with van der Waals surface area (Å²) >= 11 is 5.60. The Morgan fingerprint density at radius 1 is 0.220 bits per heavy atom. The number of alkyl halides is 1. The summed E-state index contributed by atoms with van der Waals surface area (Å²) < 4.78 is 0. The summed E-state index contributed by atoms with van der Waals surface area (Å²) in [6.45, 7) is 13.3. The zero-order valence-corrected chi connectivity index (χ0v) is 36.7. The maximum atomic E-state index is 5.60. The van der Waals surface area contributed by atoms with Crippen LogP contribution in [-0.2, 0) is 0 Å². The van der Waals surface area contributed by atoms with Gasteiger partial charge in [0.15, 0.2) is 0 Å². The number of nitrogens with zero attached hydrogens (tertiary/aromatic N) is 1. The molecule has 1 nitrogen and oxygen atoms in total. The molecule has 0 unspecified atom stereocenters. The first-order valence-electron chi connectivity index (χ1n) is 24.0. The monoisotopic (exact) mass is 726 g/mol. The van der Waals surface area contributed by atoms with Crippen LogP contribution in [0.1, 0.15) is 285 Å². The lowest BCUT2D eigenvalue weighted by molar-refractivity contribution is 0.254. The van der Waals surface area contributed by atoms with Crippen molar-refractivity contribution in [3.8, 4) is 0 Å². The maximum Gasteiger partial charge on any atom is 0.0223 e. The van der Waals surface area contributed by atoms with Crippen molar-refractivity contribution in [1.82, 2.24) is 4.90 Å². The number of hydrogen-bond acceptors (Lipinski definition) is 1. The van der Waals surface area contributed by atoms with Gasteiger partial charge in [-0.2, -0.15) is 0 Å². The molecule has 0 heterocycles. The molecule has 50 heavy (non-hydrogen) atoms. The number of halogens is 1. The lowest BCUT2D eigenvalue weighted by Gasteiger charge is -2.22. The Labute approximate surface area is 325 Å². The molecule has 0 aliphatic rings. The Hall–Kier alpha value is 0.250. The summed E-state index contributed by atoms with van der Waals surface area (Å²) in [4.78, 5) is 2.85. The van der Waals surface area contributed by atoms with Crippen molar-refractivity contribution in [2.24, 2.45) is 0 Å². The molecule has 0 aromatic carbocycles. The van der Waals surface area contributed by atoms with E-state index in [1.54, 1.807) is 0 Å². The van der Waals surface area contributed by atoms with E-state index in [1.165, 1.54) is 276 Å². The Morgan fingerprint density at radius 2 is 0.380 bits per heavy atom. The number of rotatable bonds is 43. The Morgan fingerprint density at radius 3 is 0.560 bits per heavy atom. The summed E-state index contributed by atoms with van der Waals surface area (Å²) in [5, 5.41) is 0. The molecule has 0 aliphatic heterocycles. The van der Waals surface area contributed by atoms with Crippen LogP contribution in [0.15, 0.2) is 0 Å². The van der Waals surface area contributed by atoms with Crippen molar-refractivity contribution in [3.63, 3.8) is 0 Å². The third kappa shape index (κ3) is 50.4. The van der Waals surface area contributed by atoms with Crippen LogP contribution < -0.4 is 0 Å². The van der Waals surface area contributed by atoms with Crippen molar-refractivity contribution in [2.45, 2.75) is 285 Å². The Bertz CT molecular complexity index is 469. The zero-order valence-electron chi connectivity index (χ0n) is 35.9. The van der Waals surface area contributed by atoms with Gasteiger partial charge >= 0.3 is 0 Å². The van der Waals surface area contributed by atoms with Crippen LogP contribution in [0.2, 0.25) is 0 Å². The molecule has 2 heteroatoms. The van der Waals surface area contributed by atoms with E-state index in [2.05, 4.69) is 32.6 Å². The third-order valence-corrected chi connectivity index (χ3v) is 11.2. The molecule has 0 amide bonds. The highest BCUT2D eigenvalue weighted by atomic mass is 35.5. The van der Waals surface area contributed by atoms with Crippen molar-refractivity contribution in [2.75, 3.05) is 25.5 Å². The minimum atomic E-state index is 0.844. The molecule has 0 aromatic rings. The second-order valence-electron chi connectivity index (χ2n) is 16.3. The van der Waals surface area contributed by atoms with Crippen molar-refractivity contribution >= 4 is 11.6 Å². The first-order chi connectivity index (χ1) is 24.8. The van der Waals surface area contributed by atoms with Gasteiger partial charge in [0, 0.05) is 5.88 Å². The van der Waals surface area contributed by atoms with Crippen LogP contribution in [-0.4, -0.2) is 30.4 Å². The van der Waals surface area contributed by atoms with Gasteiger partial charge in [0.1, 0.15) is 0 Å². The van der Waals surface area contributed by atoms with Gasteiger partial charge in [-0.1, -0.05) is 259 Å². The first kappa shape index (κ1) is 52.4. The fraction of sp³-hybridized carbons (Fsp3) is 1.00. The van der Waals surface area contributed by atoms with Gasteiger partial charge in [-0.15, -0.1) is 11.6 Å². The number of unbranched alkanes of at least 4 members (excludes halogenated alkanes) is 36. The predicted octanol–water partition coefficient (Wildman–Crippen LogP) is 18.2. The van der Waals surface area contributed by atoms with E-state index in [4.69, 9.17) is 11.6 Å². The van der Waals surface area contributed by atoms with Crippen LogP contribution in [0.5, 0.6) is 0 Å². The molecule has 0 saturated carbocycles. The highest BCUT2D eigenvalue weighted by molar-refractivity contribution is 6.17. The second-order valence-corrected chi connectivity index (χ2v) is 16.6. The van der Waals surface area contributed by atoms with Gasteiger partial charge in [0.05, 0.1) is 0 Å². The van der Waals surface area contributed by atoms with Crippen molar-refractivity contribution < 1.29 is 0 Å². The third-order valence-electron chi connectivity index (χ3n) is 11.0. The second kappa shape index (κ2) is 51.4. The molecule has 0 N–H and O–H groups in total. The van der Waals surface area contributed by atoms with E-state index in [0.717, 1.165) is 5.88 Å². The normalized spacial score (nSPS) is 11.4. The Kier molecular flexibility index (Phi) is 53.8. The Balaban J connectivity index is 0. The average Bonchev–Trinajstić information content (AvgIpc) is 3.13. The minimum Gasteiger partial charge on any atom is -0.303 e. The van der Waals surface area contributed by atoms with Gasteiger partial charge in [-0.3, -0.25) is 0 Å². The lowest BCUT2D eigenvalue weighted by atomic mass is 10.1.